The van der Waals surface area contributed by atoms with Crippen molar-refractivity contribution in [2.75, 3.05) is 13.1 Å². The second-order valence-electron chi connectivity index (χ2n) is 4.92. The zero-order chi connectivity index (χ0) is 12.1. The first-order valence-electron chi connectivity index (χ1n) is 6.76. The maximum atomic E-state index is 4.31. The molecule has 0 bridgehead atoms. The first-order chi connectivity index (χ1) is 8.33. The molecular weight excluding hydrogens is 206 g/mol. The van der Waals surface area contributed by atoms with Crippen LogP contribution in [-0.4, -0.2) is 18.0 Å². The van der Waals surface area contributed by atoms with Crippen LogP contribution in [0.5, 0.6) is 0 Å². The molecule has 1 aliphatic heterocycles. The topological polar surface area (TPSA) is 3.24 Å². The van der Waals surface area contributed by atoms with Crippen LogP contribution in [0.1, 0.15) is 32.6 Å². The number of piperidine rings is 1. The van der Waals surface area contributed by atoms with Crippen molar-refractivity contribution in [2.45, 2.75) is 32.6 Å². The quantitative estimate of drug-likeness (QED) is 0.660. The maximum Gasteiger partial charge on any atom is 0.0398 e. The number of likely N-dealkylation sites (tertiary alicyclic amines) is 1. The van der Waals surface area contributed by atoms with Crippen molar-refractivity contribution in [1.29, 1.82) is 0 Å². The van der Waals surface area contributed by atoms with E-state index in [-0.39, 0.29) is 0 Å². The van der Waals surface area contributed by atoms with Gasteiger partial charge < -0.3 is 4.90 Å². The van der Waals surface area contributed by atoms with E-state index in [0.29, 0.717) is 5.92 Å². The smallest absolute Gasteiger partial charge is 0.0398 e. The Morgan fingerprint density at radius 3 is 2.82 bits per heavy atom. The van der Waals surface area contributed by atoms with Crippen LogP contribution in [0.25, 0.3) is 0 Å². The van der Waals surface area contributed by atoms with Gasteiger partial charge in [-0.1, -0.05) is 30.9 Å². The summed E-state index contributed by atoms with van der Waals surface area (Å²) in [7, 11) is 0. The molecule has 0 aromatic rings. The van der Waals surface area contributed by atoms with Gasteiger partial charge in [-0.15, -0.1) is 0 Å². The summed E-state index contributed by atoms with van der Waals surface area (Å²) < 4.78 is 0. The molecule has 17 heavy (non-hydrogen) atoms. The molecule has 1 aliphatic carbocycles. The summed E-state index contributed by atoms with van der Waals surface area (Å²) in [5.41, 5.74) is 2.68. The van der Waals surface area contributed by atoms with E-state index in [0.717, 1.165) is 6.42 Å². The van der Waals surface area contributed by atoms with Gasteiger partial charge in [0.05, 0.1) is 0 Å². The fourth-order valence-electron chi connectivity index (χ4n) is 2.64. The molecule has 2 aliphatic rings. The van der Waals surface area contributed by atoms with E-state index in [9.17, 15) is 0 Å². The Morgan fingerprint density at radius 2 is 2.12 bits per heavy atom. The SMILES string of the molecule is C=C1C(N2CCCCC2)=CC=CC1C/C=C\C. The van der Waals surface area contributed by atoms with Gasteiger partial charge in [0.25, 0.3) is 0 Å². The molecule has 2 rings (SSSR count). The largest absolute Gasteiger partial charge is 0.371 e. The Morgan fingerprint density at radius 1 is 1.35 bits per heavy atom. The monoisotopic (exact) mass is 229 g/mol. The molecule has 92 valence electrons. The van der Waals surface area contributed by atoms with Crippen molar-refractivity contribution in [2.24, 2.45) is 5.92 Å². The Hall–Kier alpha value is -1.24. The fourth-order valence-corrected chi connectivity index (χ4v) is 2.64. The van der Waals surface area contributed by atoms with Crippen molar-refractivity contribution in [3.05, 3.63) is 48.2 Å². The first kappa shape index (κ1) is 12.2. The second kappa shape index (κ2) is 5.90. The summed E-state index contributed by atoms with van der Waals surface area (Å²) in [5, 5.41) is 0. The van der Waals surface area contributed by atoms with Crippen LogP contribution in [-0.2, 0) is 0 Å². The molecule has 0 saturated carbocycles. The summed E-state index contributed by atoms with van der Waals surface area (Å²) in [5.74, 6) is 0.494. The van der Waals surface area contributed by atoms with Crippen molar-refractivity contribution < 1.29 is 0 Å². The third-order valence-electron chi connectivity index (χ3n) is 3.70. The van der Waals surface area contributed by atoms with Crippen LogP contribution in [0.15, 0.2) is 48.2 Å². The highest BCUT2D eigenvalue weighted by molar-refractivity contribution is 5.39. The number of hydrogen-bond acceptors (Lipinski definition) is 1. The molecule has 1 unspecified atom stereocenters. The van der Waals surface area contributed by atoms with Gasteiger partial charge in [-0.25, -0.2) is 0 Å². The molecule has 1 heterocycles. The number of nitrogens with zero attached hydrogens (tertiary/aromatic N) is 1. The molecule has 0 N–H and O–H groups in total. The molecule has 0 spiro atoms. The van der Waals surface area contributed by atoms with Crippen LogP contribution >= 0.6 is 0 Å². The number of rotatable bonds is 3. The summed E-state index contributed by atoms with van der Waals surface area (Å²) in [6, 6.07) is 0. The van der Waals surface area contributed by atoms with Crippen LogP contribution < -0.4 is 0 Å². The van der Waals surface area contributed by atoms with Gasteiger partial charge in [-0.05, 0) is 44.3 Å². The minimum Gasteiger partial charge on any atom is -0.371 e. The zero-order valence-corrected chi connectivity index (χ0v) is 10.9. The normalized spacial score (nSPS) is 25.5. The minimum atomic E-state index is 0.494. The van der Waals surface area contributed by atoms with E-state index in [1.807, 2.05) is 0 Å². The highest BCUT2D eigenvalue weighted by Crippen LogP contribution is 2.30. The first-order valence-corrected chi connectivity index (χ1v) is 6.76. The van der Waals surface area contributed by atoms with Crippen molar-refractivity contribution >= 4 is 0 Å². The lowest BCUT2D eigenvalue weighted by atomic mass is 9.89. The summed E-state index contributed by atoms with van der Waals surface area (Å²) >= 11 is 0. The lowest BCUT2D eigenvalue weighted by molar-refractivity contribution is 0.286. The van der Waals surface area contributed by atoms with E-state index >= 15 is 0 Å². The maximum absolute atomic E-state index is 4.31. The standard InChI is InChI=1S/C16H23N/c1-3-4-9-15-10-8-11-16(14(15)2)17-12-6-5-7-13-17/h3-4,8,10-11,15H,2,5-7,9,12-13H2,1H3/b4-3-. The Kier molecular flexibility index (Phi) is 4.24. The van der Waals surface area contributed by atoms with E-state index in [4.69, 9.17) is 0 Å². The third-order valence-corrected chi connectivity index (χ3v) is 3.70. The van der Waals surface area contributed by atoms with E-state index in [1.165, 1.54) is 43.6 Å². The van der Waals surface area contributed by atoms with E-state index in [1.54, 1.807) is 0 Å². The van der Waals surface area contributed by atoms with Crippen molar-refractivity contribution in [3.8, 4) is 0 Å². The zero-order valence-electron chi connectivity index (χ0n) is 10.9. The Labute approximate surface area is 105 Å². The summed E-state index contributed by atoms with van der Waals surface area (Å²) in [6.45, 7) is 8.80. The van der Waals surface area contributed by atoms with Gasteiger partial charge in [0.15, 0.2) is 0 Å². The minimum absolute atomic E-state index is 0.494. The highest BCUT2D eigenvalue weighted by Gasteiger charge is 2.21. The fraction of sp³-hybridized carbons (Fsp3) is 0.500. The lowest BCUT2D eigenvalue weighted by Crippen LogP contribution is -2.31. The van der Waals surface area contributed by atoms with Crippen LogP contribution in [0.3, 0.4) is 0 Å². The van der Waals surface area contributed by atoms with Gasteiger partial charge >= 0.3 is 0 Å². The van der Waals surface area contributed by atoms with E-state index < -0.39 is 0 Å². The molecule has 1 saturated heterocycles. The van der Waals surface area contributed by atoms with Gasteiger partial charge in [0.1, 0.15) is 0 Å². The molecule has 1 heteroatoms. The van der Waals surface area contributed by atoms with Crippen LogP contribution in [0, 0.1) is 5.92 Å². The lowest BCUT2D eigenvalue weighted by Gasteiger charge is -2.34. The average molecular weight is 229 g/mol. The van der Waals surface area contributed by atoms with E-state index in [2.05, 4.69) is 48.8 Å². The molecule has 1 atom stereocenters. The van der Waals surface area contributed by atoms with Crippen LogP contribution in [0.4, 0.5) is 0 Å². The van der Waals surface area contributed by atoms with Gasteiger partial charge in [0.2, 0.25) is 0 Å². The molecular formula is C16H23N. The predicted octanol–water partition coefficient (Wildman–Crippen LogP) is 4.06. The van der Waals surface area contributed by atoms with Gasteiger partial charge in [-0.3, -0.25) is 0 Å². The molecule has 0 aromatic heterocycles. The average Bonchev–Trinajstić information content (AvgIpc) is 2.39. The number of hydrogen-bond donors (Lipinski definition) is 0. The molecule has 0 radical (unpaired) electrons. The van der Waals surface area contributed by atoms with Crippen molar-refractivity contribution in [1.82, 2.24) is 4.90 Å². The summed E-state index contributed by atoms with van der Waals surface area (Å²) in [6.07, 6.45) is 16.2. The van der Waals surface area contributed by atoms with Crippen LogP contribution in [0.2, 0.25) is 0 Å². The van der Waals surface area contributed by atoms with Gasteiger partial charge in [-0.2, -0.15) is 0 Å². The molecule has 1 fully saturated rings. The highest BCUT2D eigenvalue weighted by atomic mass is 15.1. The second-order valence-corrected chi connectivity index (χ2v) is 4.92. The molecule has 0 aromatic carbocycles. The third kappa shape index (κ3) is 2.91. The summed E-state index contributed by atoms with van der Waals surface area (Å²) in [4.78, 5) is 2.51. The molecule has 1 nitrogen and oxygen atoms in total. The Balaban J connectivity index is 2.04. The number of allylic oxidation sites excluding steroid dienone is 6. The van der Waals surface area contributed by atoms with Crippen molar-refractivity contribution in [3.63, 3.8) is 0 Å². The predicted molar refractivity (Wildman–Crippen MR) is 74.7 cm³/mol. The Bertz CT molecular complexity index is 354. The molecule has 0 amide bonds. The van der Waals surface area contributed by atoms with Gasteiger partial charge in [0, 0.05) is 24.7 Å².